The largest absolute Gasteiger partial charge is 0.497 e. The van der Waals surface area contributed by atoms with Crippen LogP contribution in [0.25, 0.3) is 0 Å². The number of nitrogens with one attached hydrogen (secondary N) is 1. The van der Waals surface area contributed by atoms with Crippen LogP contribution in [0.1, 0.15) is 30.1 Å². The highest BCUT2D eigenvalue weighted by Gasteiger charge is 2.45. The second-order valence-electron chi connectivity index (χ2n) is 5.64. The highest BCUT2D eigenvalue weighted by molar-refractivity contribution is 5.97. The van der Waals surface area contributed by atoms with Crippen LogP contribution < -0.4 is 10.1 Å². The van der Waals surface area contributed by atoms with Crippen LogP contribution in [0, 0.1) is 0 Å². The fourth-order valence-corrected chi connectivity index (χ4v) is 2.70. The number of carbonyl (C=O) groups is 3. The normalized spacial score (nSPS) is 20.2. The highest BCUT2D eigenvalue weighted by Crippen LogP contribution is 2.29. The molecule has 124 valence electrons. The lowest BCUT2D eigenvalue weighted by atomic mass is 9.99. The van der Waals surface area contributed by atoms with Crippen LogP contribution in [0.2, 0.25) is 0 Å². The topological polar surface area (TPSA) is 95.9 Å². The number of hydrogen-bond donors (Lipinski definition) is 2. The second kappa shape index (κ2) is 6.68. The van der Waals surface area contributed by atoms with Gasteiger partial charge in [-0.15, -0.1) is 0 Å². The molecule has 0 aromatic heterocycles. The molecule has 1 aromatic rings. The number of methoxy groups -OCH3 is 1. The summed E-state index contributed by atoms with van der Waals surface area (Å²) in [6, 6.07) is 6.57. The van der Waals surface area contributed by atoms with Crippen LogP contribution in [0.15, 0.2) is 24.3 Å². The molecule has 1 aromatic carbocycles. The fraction of sp³-hybridized carbons (Fsp3) is 0.438. The third kappa shape index (κ3) is 3.44. The van der Waals surface area contributed by atoms with Gasteiger partial charge in [0, 0.05) is 12.1 Å². The van der Waals surface area contributed by atoms with Gasteiger partial charge in [0.25, 0.3) is 5.91 Å². The second-order valence-corrected chi connectivity index (χ2v) is 5.64. The molecule has 0 radical (unpaired) electrons. The number of benzene rings is 1. The molecule has 1 fully saturated rings. The summed E-state index contributed by atoms with van der Waals surface area (Å²) in [6.07, 6.45) is 1.05. The van der Waals surface area contributed by atoms with Crippen molar-refractivity contribution in [3.63, 3.8) is 0 Å². The van der Waals surface area contributed by atoms with Gasteiger partial charge in [-0.05, 0) is 38.0 Å². The van der Waals surface area contributed by atoms with Gasteiger partial charge >= 0.3 is 5.97 Å². The van der Waals surface area contributed by atoms with Crippen molar-refractivity contribution in [1.29, 1.82) is 0 Å². The van der Waals surface area contributed by atoms with Gasteiger partial charge in [0.1, 0.15) is 11.3 Å². The Balaban J connectivity index is 1.98. The van der Waals surface area contributed by atoms with Crippen LogP contribution >= 0.6 is 0 Å². The zero-order valence-corrected chi connectivity index (χ0v) is 13.2. The SMILES string of the molecule is COc1cccc(C(=O)NCC(=O)N2CCCC2(C)C(=O)O)c1. The summed E-state index contributed by atoms with van der Waals surface area (Å²) in [7, 11) is 1.50. The molecule has 2 N–H and O–H groups in total. The summed E-state index contributed by atoms with van der Waals surface area (Å²) in [5, 5.41) is 11.8. The van der Waals surface area contributed by atoms with E-state index >= 15 is 0 Å². The number of hydrogen-bond acceptors (Lipinski definition) is 4. The maximum absolute atomic E-state index is 12.2. The van der Waals surface area contributed by atoms with E-state index in [0.717, 1.165) is 0 Å². The lowest BCUT2D eigenvalue weighted by Gasteiger charge is -2.31. The van der Waals surface area contributed by atoms with E-state index in [1.807, 2.05) is 0 Å². The molecule has 1 atom stereocenters. The molecule has 0 aliphatic carbocycles. The molecule has 2 rings (SSSR count). The number of nitrogens with zero attached hydrogens (tertiary/aromatic N) is 1. The summed E-state index contributed by atoms with van der Waals surface area (Å²) in [5.41, 5.74) is -0.822. The van der Waals surface area contributed by atoms with Crippen LogP contribution in [-0.4, -0.2) is 53.5 Å². The summed E-state index contributed by atoms with van der Waals surface area (Å²) >= 11 is 0. The number of ether oxygens (including phenoxy) is 1. The van der Waals surface area contributed by atoms with E-state index in [1.165, 1.54) is 18.9 Å². The van der Waals surface area contributed by atoms with Crippen molar-refractivity contribution in [2.24, 2.45) is 0 Å². The van der Waals surface area contributed by atoms with Gasteiger partial charge in [-0.25, -0.2) is 4.79 Å². The van der Waals surface area contributed by atoms with Crippen molar-refractivity contribution < 1.29 is 24.2 Å². The summed E-state index contributed by atoms with van der Waals surface area (Å²) < 4.78 is 5.05. The summed E-state index contributed by atoms with van der Waals surface area (Å²) in [6.45, 7) is 1.68. The molecule has 0 saturated carbocycles. The quantitative estimate of drug-likeness (QED) is 0.840. The molecule has 2 amide bonds. The number of carbonyl (C=O) groups excluding carboxylic acids is 2. The van der Waals surface area contributed by atoms with Crippen molar-refractivity contribution in [1.82, 2.24) is 10.2 Å². The van der Waals surface area contributed by atoms with E-state index in [0.29, 0.717) is 30.7 Å². The third-order valence-corrected chi connectivity index (χ3v) is 4.13. The Morgan fingerprint density at radius 2 is 2.13 bits per heavy atom. The molecule has 7 nitrogen and oxygen atoms in total. The number of carboxylic acid groups (broad SMARTS) is 1. The number of amides is 2. The predicted octanol–water partition coefficient (Wildman–Crippen LogP) is 0.891. The van der Waals surface area contributed by atoms with E-state index in [2.05, 4.69) is 5.32 Å². The van der Waals surface area contributed by atoms with Crippen LogP contribution in [-0.2, 0) is 9.59 Å². The van der Waals surface area contributed by atoms with E-state index in [-0.39, 0.29) is 6.54 Å². The van der Waals surface area contributed by atoms with Gasteiger partial charge in [-0.2, -0.15) is 0 Å². The maximum atomic E-state index is 12.2. The van der Waals surface area contributed by atoms with Crippen LogP contribution in [0.5, 0.6) is 5.75 Å². The van der Waals surface area contributed by atoms with E-state index < -0.39 is 23.3 Å². The Kier molecular flexibility index (Phi) is 4.88. The minimum Gasteiger partial charge on any atom is -0.497 e. The van der Waals surface area contributed by atoms with Crippen molar-refractivity contribution in [2.75, 3.05) is 20.2 Å². The van der Waals surface area contributed by atoms with Gasteiger partial charge in [-0.3, -0.25) is 9.59 Å². The maximum Gasteiger partial charge on any atom is 0.329 e. The first-order chi connectivity index (χ1) is 10.9. The zero-order chi connectivity index (χ0) is 17.0. The average Bonchev–Trinajstić information content (AvgIpc) is 2.95. The molecule has 23 heavy (non-hydrogen) atoms. The molecule has 7 heteroatoms. The van der Waals surface area contributed by atoms with E-state index in [9.17, 15) is 19.5 Å². The Morgan fingerprint density at radius 1 is 1.39 bits per heavy atom. The molecule has 1 saturated heterocycles. The Hall–Kier alpha value is -2.57. The van der Waals surface area contributed by atoms with Gasteiger partial charge in [0.2, 0.25) is 5.91 Å². The van der Waals surface area contributed by atoms with Crippen molar-refractivity contribution in [3.8, 4) is 5.75 Å². The Labute approximate surface area is 134 Å². The van der Waals surface area contributed by atoms with Crippen molar-refractivity contribution >= 4 is 17.8 Å². The lowest BCUT2D eigenvalue weighted by molar-refractivity contribution is -0.154. The van der Waals surface area contributed by atoms with E-state index in [1.54, 1.807) is 24.3 Å². The molecule has 0 spiro atoms. The summed E-state index contributed by atoms with van der Waals surface area (Å²) in [5.74, 6) is -1.29. The van der Waals surface area contributed by atoms with Gasteiger partial charge in [0.15, 0.2) is 0 Å². The molecule has 1 unspecified atom stereocenters. The summed E-state index contributed by atoms with van der Waals surface area (Å²) in [4.78, 5) is 37.0. The van der Waals surface area contributed by atoms with Gasteiger partial charge in [0.05, 0.1) is 13.7 Å². The zero-order valence-electron chi connectivity index (χ0n) is 13.2. The third-order valence-electron chi connectivity index (χ3n) is 4.13. The minimum absolute atomic E-state index is 0.237. The molecule has 1 aliphatic rings. The molecule has 1 heterocycles. The molecule has 0 bridgehead atoms. The fourth-order valence-electron chi connectivity index (χ4n) is 2.70. The smallest absolute Gasteiger partial charge is 0.329 e. The van der Waals surface area contributed by atoms with Crippen LogP contribution in [0.4, 0.5) is 0 Å². The Bertz CT molecular complexity index is 631. The highest BCUT2D eigenvalue weighted by atomic mass is 16.5. The number of likely N-dealkylation sites (tertiary alicyclic amines) is 1. The predicted molar refractivity (Wildman–Crippen MR) is 82.3 cm³/mol. The molecular formula is C16H20N2O5. The minimum atomic E-state index is -1.20. The Morgan fingerprint density at radius 3 is 2.78 bits per heavy atom. The molecule has 1 aliphatic heterocycles. The first kappa shape index (κ1) is 16.8. The first-order valence-electron chi connectivity index (χ1n) is 7.34. The van der Waals surface area contributed by atoms with Gasteiger partial charge in [-0.1, -0.05) is 6.07 Å². The number of aliphatic carboxylic acids is 1. The van der Waals surface area contributed by atoms with Crippen molar-refractivity contribution in [3.05, 3.63) is 29.8 Å². The van der Waals surface area contributed by atoms with Crippen LogP contribution in [0.3, 0.4) is 0 Å². The van der Waals surface area contributed by atoms with Gasteiger partial charge < -0.3 is 20.1 Å². The van der Waals surface area contributed by atoms with E-state index in [4.69, 9.17) is 4.74 Å². The average molecular weight is 320 g/mol. The lowest BCUT2D eigenvalue weighted by Crippen LogP contribution is -2.53. The van der Waals surface area contributed by atoms with Crippen molar-refractivity contribution in [2.45, 2.75) is 25.3 Å². The standard InChI is InChI=1S/C16H20N2O5/c1-16(15(21)22)7-4-8-18(16)13(19)10-17-14(20)11-5-3-6-12(9-11)23-2/h3,5-6,9H,4,7-8,10H2,1-2H3,(H,17,20)(H,21,22). The number of carboxylic acids is 1. The molecular weight excluding hydrogens is 300 g/mol. The monoisotopic (exact) mass is 320 g/mol. The number of rotatable bonds is 5. The first-order valence-corrected chi connectivity index (χ1v) is 7.34.